The zero-order valence-corrected chi connectivity index (χ0v) is 25.1. The Morgan fingerprint density at radius 3 is 2.38 bits per heavy atom. The maximum absolute atomic E-state index is 12.5. The van der Waals surface area contributed by atoms with Gasteiger partial charge in [0, 0.05) is 54.6 Å². The van der Waals surface area contributed by atoms with Crippen LogP contribution in [0.3, 0.4) is 0 Å². The number of allylic oxidation sites excluding steroid dienone is 2. The van der Waals surface area contributed by atoms with E-state index in [9.17, 15) is 9.59 Å². The molecule has 1 aliphatic heterocycles. The van der Waals surface area contributed by atoms with E-state index >= 15 is 0 Å². The van der Waals surface area contributed by atoms with Crippen molar-refractivity contribution in [3.05, 3.63) is 72.6 Å². The van der Waals surface area contributed by atoms with E-state index in [1.54, 1.807) is 11.9 Å². The van der Waals surface area contributed by atoms with Crippen molar-refractivity contribution >= 4 is 23.2 Å². The Morgan fingerprint density at radius 1 is 1.07 bits per heavy atom. The quantitative estimate of drug-likeness (QED) is 0.112. The fourth-order valence-electron chi connectivity index (χ4n) is 5.05. The minimum absolute atomic E-state index is 0.000376. The largest absolute Gasteiger partial charge is 0.401 e. The van der Waals surface area contributed by atoms with Gasteiger partial charge >= 0.3 is 0 Å². The number of rotatable bonds is 12. The number of hydrogen-bond acceptors (Lipinski definition) is 5. The molecule has 0 saturated carbocycles. The lowest BCUT2D eigenvalue weighted by Crippen LogP contribution is -2.46. The van der Waals surface area contributed by atoms with Gasteiger partial charge in [0.05, 0.1) is 6.04 Å². The molecule has 0 saturated heterocycles. The number of nitrogens with zero attached hydrogens (tertiary/aromatic N) is 2. The lowest BCUT2D eigenvalue weighted by molar-refractivity contribution is -0.117. The first-order valence-corrected chi connectivity index (χ1v) is 14.7. The van der Waals surface area contributed by atoms with Crippen LogP contribution in [0.4, 0.5) is 11.4 Å². The van der Waals surface area contributed by atoms with Crippen molar-refractivity contribution < 1.29 is 9.59 Å². The third kappa shape index (κ3) is 8.98. The fourth-order valence-corrected chi connectivity index (χ4v) is 5.05. The third-order valence-electron chi connectivity index (χ3n) is 7.05. The molecule has 1 aliphatic rings. The van der Waals surface area contributed by atoms with Crippen LogP contribution in [-0.2, 0) is 9.59 Å². The van der Waals surface area contributed by atoms with E-state index in [1.165, 1.54) is 0 Å². The molecule has 3 rings (SSSR count). The van der Waals surface area contributed by atoms with Crippen LogP contribution in [0.25, 0.3) is 11.1 Å². The summed E-state index contributed by atoms with van der Waals surface area (Å²) in [4.78, 5) is 26.5. The molecular weight excluding hydrogens is 498 g/mol. The average Bonchev–Trinajstić information content (AvgIpc) is 2.94. The number of nitrogens with two attached hydrogens (primary N) is 2. The molecule has 1 unspecified atom stereocenters. The van der Waals surface area contributed by atoms with Gasteiger partial charge in [-0.3, -0.25) is 9.59 Å². The minimum Gasteiger partial charge on any atom is -0.401 e. The first-order chi connectivity index (χ1) is 19.2. The topological polar surface area (TPSA) is 105 Å². The number of carbonyl (C=O) groups excluding carboxylic acids is 2. The number of hydrogen-bond donors (Lipinski definition) is 3. The predicted octanol–water partition coefficient (Wildman–Crippen LogP) is 7.27. The highest BCUT2D eigenvalue weighted by Crippen LogP contribution is 2.42. The Kier molecular flexibility index (Phi) is 13.5. The number of unbranched alkanes of at least 4 members (excludes halogenated alkanes) is 3. The summed E-state index contributed by atoms with van der Waals surface area (Å²) < 4.78 is 0. The molecule has 2 atom stereocenters. The molecule has 0 bridgehead atoms. The summed E-state index contributed by atoms with van der Waals surface area (Å²) >= 11 is 0. The van der Waals surface area contributed by atoms with Crippen molar-refractivity contribution in [1.82, 2.24) is 5.01 Å². The molecule has 0 radical (unpaired) electrons. The van der Waals surface area contributed by atoms with E-state index in [0.717, 1.165) is 72.3 Å². The Bertz CT molecular complexity index is 1140. The Hall–Kier alpha value is -3.58. The van der Waals surface area contributed by atoms with Gasteiger partial charge in [0.1, 0.15) is 0 Å². The van der Waals surface area contributed by atoms with Crippen LogP contribution in [0.2, 0.25) is 0 Å². The summed E-state index contributed by atoms with van der Waals surface area (Å²) in [5.41, 5.74) is 11.7. The molecule has 2 aromatic rings. The van der Waals surface area contributed by atoms with Crippen molar-refractivity contribution in [3.63, 3.8) is 0 Å². The molecule has 0 spiro atoms. The van der Waals surface area contributed by atoms with Crippen molar-refractivity contribution in [3.8, 4) is 11.1 Å². The molecule has 40 heavy (non-hydrogen) atoms. The Labute approximate surface area is 241 Å². The van der Waals surface area contributed by atoms with Gasteiger partial charge in [0.25, 0.3) is 0 Å². The average molecular weight is 548 g/mol. The summed E-state index contributed by atoms with van der Waals surface area (Å²) in [7, 11) is 0. The van der Waals surface area contributed by atoms with Crippen LogP contribution < -0.4 is 21.8 Å². The summed E-state index contributed by atoms with van der Waals surface area (Å²) in [5.74, 6) is 6.72. The minimum atomic E-state index is -0.126. The summed E-state index contributed by atoms with van der Waals surface area (Å²) in [6, 6.07) is 13.8. The van der Waals surface area contributed by atoms with Gasteiger partial charge in [-0.25, -0.2) is 5.84 Å². The van der Waals surface area contributed by atoms with Gasteiger partial charge in [-0.05, 0) is 61.1 Å². The summed E-state index contributed by atoms with van der Waals surface area (Å²) in [6.07, 6.45) is 9.88. The smallest absolute Gasteiger partial charge is 0.224 e. The molecule has 7 heteroatoms. The van der Waals surface area contributed by atoms with E-state index in [2.05, 4.69) is 31.8 Å². The normalized spacial score (nSPS) is 16.4. The highest BCUT2D eigenvalue weighted by Gasteiger charge is 2.35. The number of hydrazine groups is 1. The van der Waals surface area contributed by atoms with E-state index in [-0.39, 0.29) is 23.8 Å². The molecule has 0 aliphatic carbocycles. The standard InChI is InChI=1S/C31H43N5O2.C2H6/c1-5-7-9-11-26(32)21-36(33)31-22(3)20-35(23(4)37)29-18-15-25(19-28(29)31)24-13-16-27(17-14-24)34-30(38)12-10-8-6-2;1-2/h6,13-19,21-22,31H,2,5,7-12,20,32-33H2,1,3-4H3,(H,34,38);1-2H3/b26-21-;/t22-,31?;/m1./s1. The predicted molar refractivity (Wildman–Crippen MR) is 168 cm³/mol. The van der Waals surface area contributed by atoms with Gasteiger partial charge in [0.15, 0.2) is 0 Å². The zero-order chi connectivity index (χ0) is 29.7. The molecule has 218 valence electrons. The van der Waals surface area contributed by atoms with Crippen LogP contribution in [0.5, 0.6) is 0 Å². The Balaban J connectivity index is 0.00000274. The third-order valence-corrected chi connectivity index (χ3v) is 7.05. The second-order valence-electron chi connectivity index (χ2n) is 10.2. The summed E-state index contributed by atoms with van der Waals surface area (Å²) in [6.45, 7) is 14.2. The lowest BCUT2D eigenvalue weighted by Gasteiger charge is -2.42. The molecule has 2 amide bonds. The maximum atomic E-state index is 12.5. The van der Waals surface area contributed by atoms with Gasteiger partial charge in [-0.15, -0.1) is 6.58 Å². The highest BCUT2D eigenvalue weighted by molar-refractivity contribution is 5.94. The van der Waals surface area contributed by atoms with E-state index in [4.69, 9.17) is 11.6 Å². The van der Waals surface area contributed by atoms with Crippen LogP contribution in [0.1, 0.15) is 91.2 Å². The van der Waals surface area contributed by atoms with Crippen LogP contribution >= 0.6 is 0 Å². The number of carbonyl (C=O) groups is 2. The zero-order valence-electron chi connectivity index (χ0n) is 25.1. The van der Waals surface area contributed by atoms with Gasteiger partial charge in [0.2, 0.25) is 11.8 Å². The molecule has 0 aromatic heterocycles. The molecule has 2 aromatic carbocycles. The lowest BCUT2D eigenvalue weighted by atomic mass is 9.86. The highest BCUT2D eigenvalue weighted by atomic mass is 16.2. The maximum Gasteiger partial charge on any atom is 0.224 e. The van der Waals surface area contributed by atoms with Crippen molar-refractivity contribution in [2.75, 3.05) is 16.8 Å². The molecule has 7 nitrogen and oxygen atoms in total. The first-order valence-electron chi connectivity index (χ1n) is 14.7. The van der Waals surface area contributed by atoms with Crippen molar-refractivity contribution in [1.29, 1.82) is 0 Å². The second kappa shape index (κ2) is 16.5. The fraction of sp³-hybridized carbons (Fsp3) is 0.455. The van der Waals surface area contributed by atoms with Gasteiger partial charge < -0.3 is 21.0 Å². The number of benzene rings is 2. The monoisotopic (exact) mass is 547 g/mol. The first kappa shape index (κ1) is 32.6. The number of anilines is 2. The van der Waals surface area contributed by atoms with Crippen LogP contribution in [-0.4, -0.2) is 23.4 Å². The van der Waals surface area contributed by atoms with Crippen molar-refractivity contribution in [2.45, 2.75) is 85.6 Å². The second-order valence-corrected chi connectivity index (χ2v) is 10.2. The molecule has 1 heterocycles. The van der Waals surface area contributed by atoms with E-state index < -0.39 is 0 Å². The van der Waals surface area contributed by atoms with Gasteiger partial charge in [-0.1, -0.05) is 64.8 Å². The molecular formula is C33H49N5O2. The van der Waals surface area contributed by atoms with E-state index in [0.29, 0.717) is 13.0 Å². The molecule has 5 N–H and O–H groups in total. The molecule has 0 fully saturated rings. The van der Waals surface area contributed by atoms with Crippen molar-refractivity contribution in [2.24, 2.45) is 17.5 Å². The van der Waals surface area contributed by atoms with Gasteiger partial charge in [-0.2, -0.15) is 0 Å². The summed E-state index contributed by atoms with van der Waals surface area (Å²) in [5, 5.41) is 4.67. The van der Waals surface area contributed by atoms with E-state index in [1.807, 2.05) is 67.4 Å². The SMILES string of the molecule is C=CCCCC(=O)Nc1ccc(-c2ccc3c(c2)C(N(N)/C=C(\N)CCCCC)[C@H](C)CN3C(C)=O)cc1.CC. The number of fused-ring (bicyclic) bond motifs is 1. The number of amides is 2. The van der Waals surface area contributed by atoms with Crippen LogP contribution in [0, 0.1) is 5.92 Å². The Morgan fingerprint density at radius 2 is 1.75 bits per heavy atom. The van der Waals surface area contributed by atoms with Crippen LogP contribution in [0.15, 0.2) is 67.0 Å². The number of nitrogens with one attached hydrogen (secondary N) is 1.